The molecule has 7 nitrogen and oxygen atoms in total. The maximum absolute atomic E-state index is 13.0. The summed E-state index contributed by atoms with van der Waals surface area (Å²) in [7, 11) is 1.53. The molecular weight excluding hydrogens is 394 g/mol. The topological polar surface area (TPSA) is 83.0 Å². The third-order valence-corrected chi connectivity index (χ3v) is 5.65. The summed E-state index contributed by atoms with van der Waals surface area (Å²) in [5, 5.41) is 11.1. The molecule has 2 heterocycles. The normalized spacial score (nSPS) is 18.1. The lowest BCUT2D eigenvalue weighted by Gasteiger charge is -2.26. The van der Waals surface area contributed by atoms with Crippen LogP contribution in [0.25, 0.3) is 5.76 Å². The Balaban J connectivity index is 2.01. The average molecular weight is 424 g/mol. The van der Waals surface area contributed by atoms with Crippen LogP contribution in [0.1, 0.15) is 37.4 Å². The number of methoxy groups -OCH3 is 1. The molecular formula is C24H29N3O4. The van der Waals surface area contributed by atoms with E-state index in [1.807, 2.05) is 6.07 Å². The molecule has 1 atom stereocenters. The van der Waals surface area contributed by atoms with E-state index in [1.165, 1.54) is 7.11 Å². The number of ketones is 1. The van der Waals surface area contributed by atoms with Crippen molar-refractivity contribution in [1.82, 2.24) is 14.8 Å². The zero-order valence-electron chi connectivity index (χ0n) is 18.2. The Labute approximate surface area is 183 Å². The number of rotatable bonds is 9. The summed E-state index contributed by atoms with van der Waals surface area (Å²) in [4.78, 5) is 33.9. The van der Waals surface area contributed by atoms with Crippen LogP contribution in [0.5, 0.6) is 5.75 Å². The van der Waals surface area contributed by atoms with Gasteiger partial charge in [0.2, 0.25) is 0 Å². The summed E-state index contributed by atoms with van der Waals surface area (Å²) in [5.41, 5.74) is 1.19. The summed E-state index contributed by atoms with van der Waals surface area (Å²) in [5.74, 6) is -0.942. The zero-order valence-corrected chi connectivity index (χ0v) is 18.2. The number of pyridine rings is 1. The second kappa shape index (κ2) is 10.2. The maximum atomic E-state index is 13.0. The number of aliphatic hydroxyl groups is 1. The molecule has 3 rings (SSSR count). The van der Waals surface area contributed by atoms with Crippen LogP contribution in [0.4, 0.5) is 0 Å². The molecule has 0 spiro atoms. The van der Waals surface area contributed by atoms with Gasteiger partial charge in [-0.15, -0.1) is 0 Å². The predicted octanol–water partition coefficient (Wildman–Crippen LogP) is 3.24. The number of hydrogen-bond donors (Lipinski definition) is 1. The second-order valence-electron chi connectivity index (χ2n) is 7.39. The van der Waals surface area contributed by atoms with Crippen LogP contribution in [0.15, 0.2) is 54.4 Å². The molecule has 1 aliphatic rings. The monoisotopic (exact) mass is 423 g/mol. The van der Waals surface area contributed by atoms with E-state index in [9.17, 15) is 14.7 Å². The lowest BCUT2D eigenvalue weighted by molar-refractivity contribution is -0.140. The van der Waals surface area contributed by atoms with Crippen molar-refractivity contribution >= 4 is 17.4 Å². The van der Waals surface area contributed by atoms with E-state index in [0.717, 1.165) is 26.1 Å². The second-order valence-corrected chi connectivity index (χ2v) is 7.39. The Kier molecular flexibility index (Phi) is 7.41. The highest BCUT2D eigenvalue weighted by atomic mass is 16.5. The van der Waals surface area contributed by atoms with Gasteiger partial charge >= 0.3 is 0 Å². The molecule has 1 saturated heterocycles. The summed E-state index contributed by atoms with van der Waals surface area (Å²) in [6.07, 6.45) is 4.00. The van der Waals surface area contributed by atoms with Gasteiger partial charge in [-0.2, -0.15) is 0 Å². The van der Waals surface area contributed by atoms with Gasteiger partial charge in [-0.25, -0.2) is 0 Å². The van der Waals surface area contributed by atoms with E-state index in [1.54, 1.807) is 47.6 Å². The SMILES string of the molecule is CCN(CC)CCCN1C(=O)C(=O)/C(=C(\O)c2cccc(OC)c2)C1c1cccnc1. The van der Waals surface area contributed by atoms with E-state index in [4.69, 9.17) is 4.74 Å². The number of ether oxygens (including phenoxy) is 1. The standard InChI is InChI=1S/C24H29N3O4/c1-4-26(5-2)13-8-14-27-21(18-10-7-12-25-16-18)20(23(29)24(27)30)22(28)17-9-6-11-19(15-17)31-3/h6-7,9-12,15-16,21,28H,4-5,8,13-14H2,1-3H3/b22-20-. The van der Waals surface area contributed by atoms with Gasteiger partial charge < -0.3 is 19.6 Å². The lowest BCUT2D eigenvalue weighted by Crippen LogP contribution is -2.33. The van der Waals surface area contributed by atoms with E-state index in [2.05, 4.69) is 23.7 Å². The summed E-state index contributed by atoms with van der Waals surface area (Å²) in [6.45, 7) is 7.29. The number of likely N-dealkylation sites (tertiary alicyclic amines) is 1. The highest BCUT2D eigenvalue weighted by Gasteiger charge is 2.45. The van der Waals surface area contributed by atoms with Gasteiger partial charge in [0.05, 0.1) is 18.7 Å². The molecule has 31 heavy (non-hydrogen) atoms. The minimum absolute atomic E-state index is 0.0779. The van der Waals surface area contributed by atoms with Crippen molar-refractivity contribution < 1.29 is 19.4 Å². The van der Waals surface area contributed by atoms with E-state index >= 15 is 0 Å². The average Bonchev–Trinajstić information content (AvgIpc) is 3.07. The number of aliphatic hydroxyl groups excluding tert-OH is 1. The third-order valence-electron chi connectivity index (χ3n) is 5.65. The van der Waals surface area contributed by atoms with Crippen molar-refractivity contribution in [3.63, 3.8) is 0 Å². The first kappa shape index (κ1) is 22.5. The van der Waals surface area contributed by atoms with Gasteiger partial charge in [0.25, 0.3) is 11.7 Å². The van der Waals surface area contributed by atoms with Crippen LogP contribution in [0.2, 0.25) is 0 Å². The summed E-state index contributed by atoms with van der Waals surface area (Å²) in [6, 6.07) is 9.71. The number of amides is 1. The first-order valence-corrected chi connectivity index (χ1v) is 10.6. The number of carbonyl (C=O) groups is 2. The predicted molar refractivity (Wildman–Crippen MR) is 119 cm³/mol. The minimum atomic E-state index is -0.684. The molecule has 1 fully saturated rings. The number of nitrogens with zero attached hydrogens (tertiary/aromatic N) is 3. The quantitative estimate of drug-likeness (QED) is 0.379. The third kappa shape index (κ3) is 4.77. The van der Waals surface area contributed by atoms with Crippen molar-refractivity contribution in [3.05, 3.63) is 65.5 Å². The van der Waals surface area contributed by atoms with Gasteiger partial charge in [-0.3, -0.25) is 14.6 Å². The smallest absolute Gasteiger partial charge is 0.295 e. The molecule has 1 aromatic carbocycles. The number of benzene rings is 1. The van der Waals surface area contributed by atoms with Crippen molar-refractivity contribution in [3.8, 4) is 5.75 Å². The Morgan fingerprint density at radius 2 is 1.97 bits per heavy atom. The number of Topliss-reactive ketones (excluding diaryl/α,β-unsaturated/α-hetero) is 1. The number of carbonyl (C=O) groups excluding carboxylic acids is 2. The van der Waals surface area contributed by atoms with Gasteiger partial charge in [0.1, 0.15) is 11.5 Å². The van der Waals surface area contributed by atoms with Crippen LogP contribution < -0.4 is 4.74 Å². The van der Waals surface area contributed by atoms with E-state index in [0.29, 0.717) is 23.4 Å². The highest BCUT2D eigenvalue weighted by Crippen LogP contribution is 2.39. The lowest BCUT2D eigenvalue weighted by atomic mass is 9.96. The van der Waals surface area contributed by atoms with Crippen LogP contribution in [-0.4, -0.2) is 64.9 Å². The fourth-order valence-electron chi connectivity index (χ4n) is 3.93. The van der Waals surface area contributed by atoms with Crippen LogP contribution in [-0.2, 0) is 9.59 Å². The van der Waals surface area contributed by atoms with Crippen LogP contribution in [0, 0.1) is 0 Å². The molecule has 0 bridgehead atoms. The Morgan fingerprint density at radius 3 is 2.61 bits per heavy atom. The van der Waals surface area contributed by atoms with Crippen LogP contribution in [0.3, 0.4) is 0 Å². The zero-order chi connectivity index (χ0) is 22.4. The Bertz CT molecular complexity index is 954. The summed E-state index contributed by atoms with van der Waals surface area (Å²) < 4.78 is 5.23. The highest BCUT2D eigenvalue weighted by molar-refractivity contribution is 6.46. The first-order chi connectivity index (χ1) is 15.0. The largest absolute Gasteiger partial charge is 0.507 e. The van der Waals surface area contributed by atoms with Crippen molar-refractivity contribution in [2.24, 2.45) is 0 Å². The molecule has 1 N–H and O–H groups in total. The molecule has 0 aliphatic carbocycles. The Hall–Kier alpha value is -3.19. The molecule has 1 unspecified atom stereocenters. The van der Waals surface area contributed by atoms with E-state index in [-0.39, 0.29) is 11.3 Å². The maximum Gasteiger partial charge on any atom is 0.295 e. The molecule has 1 aromatic heterocycles. The molecule has 1 amide bonds. The fraction of sp³-hybridized carbons (Fsp3) is 0.375. The van der Waals surface area contributed by atoms with Crippen molar-refractivity contribution in [2.75, 3.05) is 33.3 Å². The van der Waals surface area contributed by atoms with Gasteiger partial charge in [0, 0.05) is 24.5 Å². The van der Waals surface area contributed by atoms with Crippen molar-refractivity contribution in [1.29, 1.82) is 0 Å². The molecule has 0 radical (unpaired) electrons. The minimum Gasteiger partial charge on any atom is -0.507 e. The van der Waals surface area contributed by atoms with Gasteiger partial charge in [-0.1, -0.05) is 32.0 Å². The Morgan fingerprint density at radius 1 is 1.19 bits per heavy atom. The van der Waals surface area contributed by atoms with Gasteiger partial charge in [-0.05, 0) is 49.8 Å². The van der Waals surface area contributed by atoms with Gasteiger partial charge in [0.15, 0.2) is 0 Å². The molecule has 164 valence electrons. The fourth-order valence-corrected chi connectivity index (χ4v) is 3.93. The first-order valence-electron chi connectivity index (χ1n) is 10.6. The molecule has 1 aliphatic heterocycles. The molecule has 7 heteroatoms. The number of aromatic nitrogens is 1. The summed E-state index contributed by atoms with van der Waals surface area (Å²) >= 11 is 0. The van der Waals surface area contributed by atoms with Crippen LogP contribution >= 0.6 is 0 Å². The molecule has 2 aromatic rings. The van der Waals surface area contributed by atoms with Crippen molar-refractivity contribution in [2.45, 2.75) is 26.3 Å². The molecule has 0 saturated carbocycles. The van der Waals surface area contributed by atoms with E-state index < -0.39 is 17.7 Å². The number of hydrogen-bond acceptors (Lipinski definition) is 6.